The van der Waals surface area contributed by atoms with Gasteiger partial charge in [0.25, 0.3) is 0 Å². The number of carbonyl (C=O) groups excluding carboxylic acids is 2. The van der Waals surface area contributed by atoms with Crippen molar-refractivity contribution in [2.24, 2.45) is 5.41 Å². The number of carboxylic acid groups (broad SMARTS) is 1. The van der Waals surface area contributed by atoms with Crippen LogP contribution in [-0.2, 0) is 20.9 Å². The lowest BCUT2D eigenvalue weighted by Gasteiger charge is -2.39. The van der Waals surface area contributed by atoms with Crippen LogP contribution >= 0.6 is 0 Å². The second kappa shape index (κ2) is 15.0. The average molecular weight is 738 g/mol. The third kappa shape index (κ3) is 8.29. The molecule has 280 valence electrons. The number of aryl methyl sites for hydroxylation is 1. The number of hydrogen-bond donors (Lipinski definition) is 2. The molecule has 17 heteroatoms. The second-order valence-corrected chi connectivity index (χ2v) is 13.1. The maximum atomic E-state index is 14.9. The third-order valence-corrected chi connectivity index (χ3v) is 9.41. The van der Waals surface area contributed by atoms with Gasteiger partial charge in [-0.25, -0.2) is 19.1 Å². The number of amides is 1. The van der Waals surface area contributed by atoms with E-state index in [1.807, 2.05) is 18.2 Å². The highest BCUT2D eigenvalue weighted by molar-refractivity contribution is 5.90. The summed E-state index contributed by atoms with van der Waals surface area (Å²) in [7, 11) is 0. The number of nitrogens with two attached hydrogens (primary N) is 1. The number of ether oxygens (including phenoxy) is 3. The van der Waals surface area contributed by atoms with Gasteiger partial charge in [0.05, 0.1) is 23.6 Å². The van der Waals surface area contributed by atoms with Crippen molar-refractivity contribution in [3.63, 3.8) is 0 Å². The molecule has 14 nitrogen and oxygen atoms in total. The summed E-state index contributed by atoms with van der Waals surface area (Å²) in [5.41, 5.74) is 6.27. The highest BCUT2D eigenvalue weighted by Crippen LogP contribution is 2.45. The maximum absolute atomic E-state index is 14.9. The average Bonchev–Trinajstić information content (AvgIpc) is 3.73. The Morgan fingerprint density at radius 1 is 1.04 bits per heavy atom. The summed E-state index contributed by atoms with van der Waals surface area (Å²) in [6.07, 6.45) is -5.70. The first-order chi connectivity index (χ1) is 25.2. The number of carboxylic acids is 1. The molecule has 4 heterocycles. The highest BCUT2D eigenvalue weighted by atomic mass is 19.4. The monoisotopic (exact) mass is 737 g/mol. The van der Waals surface area contributed by atoms with E-state index >= 15 is 0 Å². The number of benzene rings is 2. The first kappa shape index (κ1) is 36.9. The Bertz CT molecular complexity index is 1970. The molecule has 2 aromatic heterocycles. The second-order valence-electron chi connectivity index (χ2n) is 13.1. The first-order valence-electron chi connectivity index (χ1n) is 16.9. The summed E-state index contributed by atoms with van der Waals surface area (Å²) in [6.45, 7) is 4.13. The number of nitrogen functional groups attached to an aromatic ring is 1. The van der Waals surface area contributed by atoms with Gasteiger partial charge in [-0.2, -0.15) is 28.2 Å². The summed E-state index contributed by atoms with van der Waals surface area (Å²) in [5.74, 6) is -2.53. The van der Waals surface area contributed by atoms with Gasteiger partial charge in [0.15, 0.2) is 0 Å². The minimum Gasteiger partial charge on any atom is -0.480 e. The van der Waals surface area contributed by atoms with Crippen LogP contribution in [0.15, 0.2) is 66.9 Å². The van der Waals surface area contributed by atoms with E-state index in [2.05, 4.69) is 15.1 Å². The van der Waals surface area contributed by atoms with Crippen molar-refractivity contribution < 1.29 is 46.9 Å². The smallest absolute Gasteiger partial charge is 0.429 e. The lowest BCUT2D eigenvalue weighted by molar-refractivity contribution is -0.198. The summed E-state index contributed by atoms with van der Waals surface area (Å²) >= 11 is 0. The molecule has 0 bridgehead atoms. The molecule has 4 aromatic rings. The van der Waals surface area contributed by atoms with Crippen LogP contribution in [0.2, 0.25) is 0 Å². The number of anilines is 2. The first-order valence-corrected chi connectivity index (χ1v) is 16.9. The van der Waals surface area contributed by atoms with E-state index < -0.39 is 53.2 Å². The Labute approximate surface area is 302 Å². The van der Waals surface area contributed by atoms with Crippen molar-refractivity contribution in [3.8, 4) is 11.6 Å². The molecule has 2 aromatic carbocycles. The van der Waals surface area contributed by atoms with Crippen LogP contribution in [0, 0.1) is 12.3 Å². The lowest BCUT2D eigenvalue weighted by Crippen LogP contribution is -2.43. The van der Waals surface area contributed by atoms with Gasteiger partial charge in [0.1, 0.15) is 18.5 Å². The molecular weight excluding hydrogens is 699 g/mol. The minimum absolute atomic E-state index is 0.000911. The zero-order valence-corrected chi connectivity index (χ0v) is 29.0. The van der Waals surface area contributed by atoms with Crippen molar-refractivity contribution in [2.45, 2.75) is 58.0 Å². The fourth-order valence-corrected chi connectivity index (χ4v) is 6.79. The summed E-state index contributed by atoms with van der Waals surface area (Å²) in [5, 5.41) is 14.2. The minimum atomic E-state index is -4.99. The Hall–Kier alpha value is -5.87. The number of nitrogens with zero attached hydrogens (tertiary/aromatic N) is 6. The van der Waals surface area contributed by atoms with E-state index in [-0.39, 0.29) is 49.2 Å². The van der Waals surface area contributed by atoms with Gasteiger partial charge in [-0.3, -0.25) is 4.90 Å². The predicted molar refractivity (Wildman–Crippen MR) is 183 cm³/mol. The summed E-state index contributed by atoms with van der Waals surface area (Å²) in [4.78, 5) is 49.1. The van der Waals surface area contributed by atoms with E-state index in [4.69, 9.17) is 19.9 Å². The number of carbonyl (C=O) groups is 3. The topological polar surface area (TPSA) is 175 Å². The van der Waals surface area contributed by atoms with Crippen molar-refractivity contribution >= 4 is 29.8 Å². The van der Waals surface area contributed by atoms with Crippen molar-refractivity contribution in [3.05, 3.63) is 89.2 Å². The van der Waals surface area contributed by atoms with Gasteiger partial charge in [-0.15, -0.1) is 0 Å². The normalized spacial score (nSPS) is 17.4. The Morgan fingerprint density at radius 2 is 1.77 bits per heavy atom. The summed E-state index contributed by atoms with van der Waals surface area (Å²) < 4.78 is 61.9. The molecule has 2 aliphatic heterocycles. The maximum Gasteiger partial charge on any atom is 0.429 e. The SMILES string of the molecule is CCOC(=O)c1ccc(-n2ccc(C)n2)c([C@@H](Oc2cc(N3CCC4(CC3)CC(C(=O)O)N(C(=O)OCc3ccccc3)C4)nc(N)n2)C(F)(F)F)c1. The van der Waals surface area contributed by atoms with Gasteiger partial charge < -0.3 is 30.0 Å². The van der Waals surface area contributed by atoms with Crippen LogP contribution in [-0.4, -0.2) is 86.2 Å². The van der Waals surface area contributed by atoms with Crippen molar-refractivity contribution in [2.75, 3.05) is 36.9 Å². The molecule has 2 aliphatic rings. The molecule has 6 rings (SSSR count). The van der Waals surface area contributed by atoms with Crippen LogP contribution in [0.1, 0.15) is 59.5 Å². The van der Waals surface area contributed by atoms with Gasteiger partial charge in [-0.1, -0.05) is 30.3 Å². The molecule has 0 radical (unpaired) electrons. The predicted octanol–water partition coefficient (Wildman–Crippen LogP) is 5.49. The number of esters is 1. The van der Waals surface area contributed by atoms with Crippen molar-refractivity contribution in [1.82, 2.24) is 24.6 Å². The lowest BCUT2D eigenvalue weighted by atomic mass is 9.76. The van der Waals surface area contributed by atoms with Crippen LogP contribution < -0.4 is 15.4 Å². The van der Waals surface area contributed by atoms with Crippen LogP contribution in [0.4, 0.5) is 29.7 Å². The quantitative estimate of drug-likeness (QED) is 0.196. The largest absolute Gasteiger partial charge is 0.480 e. The molecule has 3 N–H and O–H groups in total. The summed E-state index contributed by atoms with van der Waals surface area (Å²) in [6, 6.07) is 14.6. The molecule has 53 heavy (non-hydrogen) atoms. The molecule has 2 fully saturated rings. The van der Waals surface area contributed by atoms with Gasteiger partial charge in [-0.05, 0) is 68.4 Å². The zero-order valence-electron chi connectivity index (χ0n) is 29.0. The Balaban J connectivity index is 1.21. The molecular formula is C36H38F3N7O7. The van der Waals surface area contributed by atoms with E-state index in [0.29, 0.717) is 31.6 Å². The van der Waals surface area contributed by atoms with Crippen molar-refractivity contribution in [1.29, 1.82) is 0 Å². The number of halogens is 3. The van der Waals surface area contributed by atoms with Gasteiger partial charge >= 0.3 is 24.2 Å². The van der Waals surface area contributed by atoms with E-state index in [0.717, 1.165) is 11.6 Å². The molecule has 0 aliphatic carbocycles. The molecule has 0 saturated carbocycles. The molecule has 1 unspecified atom stereocenters. The number of aliphatic carboxylic acids is 1. The number of piperidine rings is 1. The molecule has 2 atom stereocenters. The van der Waals surface area contributed by atoms with Crippen LogP contribution in [0.25, 0.3) is 5.69 Å². The zero-order chi connectivity index (χ0) is 37.9. The number of likely N-dealkylation sites (tertiary alicyclic amines) is 1. The molecule has 2 saturated heterocycles. The molecule has 1 amide bonds. The fraction of sp³-hybridized carbons (Fsp3) is 0.389. The third-order valence-electron chi connectivity index (χ3n) is 9.41. The van der Waals surface area contributed by atoms with Gasteiger partial charge in [0, 0.05) is 37.5 Å². The molecule has 1 spiro atoms. The number of alkyl halides is 3. The Kier molecular flexibility index (Phi) is 10.4. The standard InChI is InChI=1S/C36H38F3N7O7/c1-3-51-32(49)24-9-10-26(46-14-11-22(2)43-46)25(17-24)30(36(37,38)39)53-29-18-28(41-33(40)42-29)44-15-12-35(13-16-44)19-27(31(47)48)45(21-35)34(50)52-20-23-7-5-4-6-8-23/h4-11,14,17-18,27,30H,3,12-13,15-16,19-21H2,1-2H3,(H,47,48)(H2,40,41,42)/t27?,30-/m1/s1. The van der Waals surface area contributed by atoms with Crippen LogP contribution in [0.5, 0.6) is 5.88 Å². The van der Waals surface area contributed by atoms with E-state index in [9.17, 15) is 32.7 Å². The fourth-order valence-electron chi connectivity index (χ4n) is 6.79. The number of aromatic nitrogens is 4. The Morgan fingerprint density at radius 3 is 2.42 bits per heavy atom. The van der Waals surface area contributed by atoms with E-state index in [1.165, 1.54) is 34.0 Å². The number of hydrogen-bond acceptors (Lipinski definition) is 11. The van der Waals surface area contributed by atoms with Gasteiger partial charge in [0.2, 0.25) is 17.9 Å². The highest BCUT2D eigenvalue weighted by Gasteiger charge is 2.51. The van der Waals surface area contributed by atoms with Crippen LogP contribution in [0.3, 0.4) is 0 Å². The van der Waals surface area contributed by atoms with E-state index in [1.54, 1.807) is 36.9 Å². The number of rotatable bonds is 10.